The van der Waals surface area contributed by atoms with Crippen LogP contribution in [0.1, 0.15) is 5.56 Å². The van der Waals surface area contributed by atoms with Gasteiger partial charge in [-0.1, -0.05) is 12.1 Å². The lowest BCUT2D eigenvalue weighted by Crippen LogP contribution is -3.05. The van der Waals surface area contributed by atoms with Crippen molar-refractivity contribution in [3.05, 3.63) is 35.0 Å². The third-order valence-electron chi connectivity index (χ3n) is 1.70. The molecular formula is C8H13N3O2. The largest absolute Gasteiger partial charge is 0.598 e. The van der Waals surface area contributed by atoms with Crippen LogP contribution < -0.4 is 16.4 Å². The standard InChI is InChI=1S/C8H13N3O2/c1-10-8-4-2-3-7(5-8)6-11(12)13-9/h2-5,10-11H,6,9H2,1H3. The highest BCUT2D eigenvalue weighted by Gasteiger charge is 1.99. The first-order valence-corrected chi connectivity index (χ1v) is 3.92. The van der Waals surface area contributed by atoms with Gasteiger partial charge in [0.25, 0.3) is 0 Å². The maximum Gasteiger partial charge on any atom is 0.134 e. The molecule has 0 aliphatic heterocycles. The first-order chi connectivity index (χ1) is 6.26. The van der Waals surface area contributed by atoms with Crippen molar-refractivity contribution in [2.75, 3.05) is 12.4 Å². The SMILES string of the molecule is CNc1cccc(C[NH+]([O-])ON)c1. The molecule has 5 heteroatoms. The van der Waals surface area contributed by atoms with E-state index in [0.29, 0.717) is 0 Å². The molecule has 1 aromatic rings. The molecule has 0 fully saturated rings. The van der Waals surface area contributed by atoms with E-state index in [1.165, 1.54) is 0 Å². The second kappa shape index (κ2) is 4.78. The summed E-state index contributed by atoms with van der Waals surface area (Å²) in [6.45, 7) is 0.200. The zero-order chi connectivity index (χ0) is 9.68. The van der Waals surface area contributed by atoms with Gasteiger partial charge in [-0.25, -0.2) is 0 Å². The van der Waals surface area contributed by atoms with Crippen LogP contribution in [-0.4, -0.2) is 7.05 Å². The average Bonchev–Trinajstić information content (AvgIpc) is 2.18. The highest BCUT2D eigenvalue weighted by atomic mass is 16.9. The molecule has 1 aromatic carbocycles. The number of nitrogens with one attached hydrogen (secondary N) is 2. The van der Waals surface area contributed by atoms with Gasteiger partial charge < -0.3 is 10.5 Å². The van der Waals surface area contributed by atoms with Gasteiger partial charge in [0.1, 0.15) is 6.54 Å². The van der Waals surface area contributed by atoms with Crippen molar-refractivity contribution in [2.24, 2.45) is 5.90 Å². The summed E-state index contributed by atoms with van der Waals surface area (Å²) in [5.41, 5.74) is 1.84. The van der Waals surface area contributed by atoms with Crippen LogP contribution in [0.5, 0.6) is 0 Å². The molecule has 0 heterocycles. The summed E-state index contributed by atoms with van der Waals surface area (Å²) in [7, 11) is 1.82. The summed E-state index contributed by atoms with van der Waals surface area (Å²) in [6.07, 6.45) is 0. The van der Waals surface area contributed by atoms with Crippen molar-refractivity contribution >= 4 is 5.69 Å². The molecule has 0 bridgehead atoms. The summed E-state index contributed by atoms with van der Waals surface area (Å²) in [5, 5.41) is 13.4. The Balaban J connectivity index is 2.66. The Labute approximate surface area is 76.6 Å². The molecule has 0 aliphatic rings. The summed E-state index contributed by atoms with van der Waals surface area (Å²) in [4.78, 5) is 4.07. The van der Waals surface area contributed by atoms with Crippen LogP contribution in [0.3, 0.4) is 0 Å². The van der Waals surface area contributed by atoms with Gasteiger partial charge in [0.2, 0.25) is 0 Å². The van der Waals surface area contributed by atoms with Gasteiger partial charge in [-0.2, -0.15) is 11.1 Å². The average molecular weight is 183 g/mol. The summed E-state index contributed by atoms with van der Waals surface area (Å²) in [5.74, 6) is 4.73. The van der Waals surface area contributed by atoms with Crippen LogP contribution in [0.25, 0.3) is 0 Å². The molecule has 0 saturated heterocycles. The van der Waals surface area contributed by atoms with Crippen LogP contribution in [-0.2, 0) is 11.5 Å². The van der Waals surface area contributed by atoms with Crippen LogP contribution in [0, 0.1) is 5.21 Å². The molecule has 0 aromatic heterocycles. The van der Waals surface area contributed by atoms with E-state index in [4.69, 9.17) is 5.90 Å². The topological polar surface area (TPSA) is 74.8 Å². The Kier molecular flexibility index (Phi) is 3.66. The molecule has 1 atom stereocenters. The number of hydrogen-bond acceptors (Lipinski definition) is 4. The molecule has 1 unspecified atom stereocenters. The number of nitrogens with two attached hydrogens (primary N) is 1. The first kappa shape index (κ1) is 9.94. The van der Waals surface area contributed by atoms with E-state index in [2.05, 4.69) is 10.3 Å². The van der Waals surface area contributed by atoms with E-state index in [1.807, 2.05) is 31.3 Å². The van der Waals surface area contributed by atoms with E-state index in [0.717, 1.165) is 11.3 Å². The van der Waals surface area contributed by atoms with Gasteiger partial charge in [0.15, 0.2) is 0 Å². The summed E-state index contributed by atoms with van der Waals surface area (Å²) in [6, 6.07) is 7.50. The highest BCUT2D eigenvalue weighted by Crippen LogP contribution is 2.08. The predicted octanol–water partition coefficient (Wildman–Crippen LogP) is -0.584. The van der Waals surface area contributed by atoms with E-state index in [9.17, 15) is 5.21 Å². The van der Waals surface area contributed by atoms with Crippen LogP contribution in [0.15, 0.2) is 24.3 Å². The van der Waals surface area contributed by atoms with E-state index < -0.39 is 5.23 Å². The molecule has 0 amide bonds. The minimum absolute atomic E-state index is 0.200. The van der Waals surface area contributed by atoms with Crippen LogP contribution >= 0.6 is 0 Å². The van der Waals surface area contributed by atoms with Crippen LogP contribution in [0.2, 0.25) is 0 Å². The van der Waals surface area contributed by atoms with Gasteiger partial charge in [0.05, 0.1) is 0 Å². The third-order valence-corrected chi connectivity index (χ3v) is 1.70. The number of anilines is 1. The Morgan fingerprint density at radius 1 is 1.62 bits per heavy atom. The minimum atomic E-state index is -0.437. The third kappa shape index (κ3) is 3.00. The maximum absolute atomic E-state index is 10.8. The minimum Gasteiger partial charge on any atom is -0.598 e. The lowest BCUT2D eigenvalue weighted by Gasteiger charge is -2.15. The predicted molar refractivity (Wildman–Crippen MR) is 49.3 cm³/mol. The van der Waals surface area contributed by atoms with E-state index in [1.54, 1.807) is 0 Å². The molecule has 0 spiro atoms. The summed E-state index contributed by atoms with van der Waals surface area (Å²) < 4.78 is 0. The normalized spacial score (nSPS) is 12.5. The van der Waals surface area contributed by atoms with Crippen molar-refractivity contribution < 1.29 is 10.2 Å². The number of quaternary nitrogens is 1. The lowest BCUT2D eigenvalue weighted by molar-refractivity contribution is -1.07. The van der Waals surface area contributed by atoms with Crippen molar-refractivity contribution in [1.29, 1.82) is 0 Å². The molecule has 5 nitrogen and oxygen atoms in total. The van der Waals surface area contributed by atoms with Gasteiger partial charge >= 0.3 is 0 Å². The smallest absolute Gasteiger partial charge is 0.134 e. The molecular weight excluding hydrogens is 170 g/mol. The van der Waals surface area contributed by atoms with Crippen molar-refractivity contribution in [1.82, 2.24) is 0 Å². The molecule has 13 heavy (non-hydrogen) atoms. The van der Waals surface area contributed by atoms with Gasteiger partial charge in [-0.3, -0.25) is 0 Å². The van der Waals surface area contributed by atoms with Crippen molar-refractivity contribution in [2.45, 2.75) is 6.54 Å². The lowest BCUT2D eigenvalue weighted by atomic mass is 10.2. The number of rotatable bonds is 4. The van der Waals surface area contributed by atoms with E-state index >= 15 is 0 Å². The Morgan fingerprint density at radius 3 is 3.00 bits per heavy atom. The second-order valence-corrected chi connectivity index (χ2v) is 2.62. The molecule has 0 saturated carbocycles. The number of hydroxylamine groups is 2. The van der Waals surface area contributed by atoms with Crippen LogP contribution in [0.4, 0.5) is 5.69 Å². The quantitative estimate of drug-likeness (QED) is 0.546. The molecule has 72 valence electrons. The first-order valence-electron chi connectivity index (χ1n) is 3.92. The Morgan fingerprint density at radius 2 is 2.38 bits per heavy atom. The molecule has 0 radical (unpaired) electrons. The number of benzene rings is 1. The second-order valence-electron chi connectivity index (χ2n) is 2.62. The monoisotopic (exact) mass is 183 g/mol. The summed E-state index contributed by atoms with van der Waals surface area (Å²) >= 11 is 0. The van der Waals surface area contributed by atoms with Gasteiger partial charge in [-0.15, -0.1) is 4.94 Å². The zero-order valence-corrected chi connectivity index (χ0v) is 7.41. The fraction of sp³-hybridized carbons (Fsp3) is 0.250. The Hall–Kier alpha value is -1.14. The fourth-order valence-electron chi connectivity index (χ4n) is 1.05. The highest BCUT2D eigenvalue weighted by molar-refractivity contribution is 5.44. The molecule has 1 rings (SSSR count). The Bertz CT molecular complexity index is 267. The molecule has 0 aliphatic carbocycles. The zero-order valence-electron chi connectivity index (χ0n) is 7.41. The van der Waals surface area contributed by atoms with Crippen molar-refractivity contribution in [3.8, 4) is 0 Å². The molecule has 4 N–H and O–H groups in total. The number of hydrogen-bond donors (Lipinski definition) is 3. The van der Waals surface area contributed by atoms with Crippen molar-refractivity contribution in [3.63, 3.8) is 0 Å². The maximum atomic E-state index is 10.8. The fourth-order valence-corrected chi connectivity index (χ4v) is 1.05. The van der Waals surface area contributed by atoms with E-state index in [-0.39, 0.29) is 6.54 Å². The van der Waals surface area contributed by atoms with Gasteiger partial charge in [0, 0.05) is 18.3 Å². The van der Waals surface area contributed by atoms with Gasteiger partial charge in [-0.05, 0) is 12.1 Å².